The van der Waals surface area contributed by atoms with Crippen molar-refractivity contribution in [1.82, 2.24) is 9.80 Å². The molecule has 3 aromatic carbocycles. The van der Waals surface area contributed by atoms with Crippen LogP contribution in [0.25, 0.3) is 0 Å². The molecule has 2 heterocycles. The van der Waals surface area contributed by atoms with Crippen molar-refractivity contribution in [3.63, 3.8) is 0 Å². The molecule has 2 fully saturated rings. The molecule has 5 rings (SSSR count). The van der Waals surface area contributed by atoms with Crippen molar-refractivity contribution in [3.05, 3.63) is 96.1 Å². The van der Waals surface area contributed by atoms with Crippen LogP contribution in [-0.2, 0) is 6.42 Å². The van der Waals surface area contributed by atoms with Crippen LogP contribution < -0.4 is 4.90 Å². The summed E-state index contributed by atoms with van der Waals surface area (Å²) in [6, 6.07) is 31.6. The zero-order chi connectivity index (χ0) is 23.5. The second-order valence-corrected chi connectivity index (χ2v) is 9.94. The lowest BCUT2D eigenvalue weighted by Gasteiger charge is -2.44. The average molecular weight is 454 g/mol. The van der Waals surface area contributed by atoms with E-state index in [1.807, 2.05) is 12.1 Å². The highest BCUT2D eigenvalue weighted by molar-refractivity contribution is 5.94. The number of piperidine rings is 1. The fourth-order valence-electron chi connectivity index (χ4n) is 5.91. The number of para-hydroxylation sites is 1. The van der Waals surface area contributed by atoms with Crippen LogP contribution >= 0.6 is 0 Å². The molecule has 3 atom stereocenters. The van der Waals surface area contributed by atoms with Crippen LogP contribution in [0.15, 0.2) is 84.9 Å². The minimum absolute atomic E-state index is 0.0441. The topological polar surface area (TPSA) is 26.8 Å². The minimum atomic E-state index is 0.0441. The zero-order valence-electron chi connectivity index (χ0n) is 20.3. The predicted octanol–water partition coefficient (Wildman–Crippen LogP) is 5.76. The van der Waals surface area contributed by atoms with Gasteiger partial charge in [0.15, 0.2) is 0 Å². The van der Waals surface area contributed by atoms with Gasteiger partial charge in [0.2, 0.25) is 0 Å². The van der Waals surface area contributed by atoms with Crippen LogP contribution in [0.1, 0.15) is 41.6 Å². The first-order chi connectivity index (χ1) is 16.6. The van der Waals surface area contributed by atoms with E-state index in [-0.39, 0.29) is 5.91 Å². The summed E-state index contributed by atoms with van der Waals surface area (Å²) >= 11 is 0. The van der Waals surface area contributed by atoms with Crippen molar-refractivity contribution < 1.29 is 4.79 Å². The molecule has 34 heavy (non-hydrogen) atoms. The van der Waals surface area contributed by atoms with Gasteiger partial charge in [0.1, 0.15) is 0 Å². The van der Waals surface area contributed by atoms with E-state index in [9.17, 15) is 4.79 Å². The molecular weight excluding hydrogens is 418 g/mol. The Morgan fingerprint density at radius 1 is 0.794 bits per heavy atom. The van der Waals surface area contributed by atoms with Gasteiger partial charge in [-0.3, -0.25) is 9.69 Å². The maximum atomic E-state index is 12.4. The summed E-state index contributed by atoms with van der Waals surface area (Å²) in [6.07, 6.45) is 6.09. The van der Waals surface area contributed by atoms with Gasteiger partial charge < -0.3 is 9.80 Å². The lowest BCUT2D eigenvalue weighted by atomic mass is 9.94. The number of benzene rings is 3. The first kappa shape index (κ1) is 22.7. The van der Waals surface area contributed by atoms with Gasteiger partial charge in [0.05, 0.1) is 0 Å². The third-order valence-electron chi connectivity index (χ3n) is 7.56. The number of rotatable bonds is 7. The third-order valence-corrected chi connectivity index (χ3v) is 7.56. The maximum absolute atomic E-state index is 12.4. The van der Waals surface area contributed by atoms with E-state index in [0.717, 1.165) is 18.5 Å². The summed E-state index contributed by atoms with van der Waals surface area (Å²) in [7, 11) is 3.60. The molecule has 2 saturated heterocycles. The van der Waals surface area contributed by atoms with Gasteiger partial charge in [-0.15, -0.1) is 0 Å². The lowest BCUT2D eigenvalue weighted by molar-refractivity contribution is 0.0827. The molecule has 3 aromatic rings. The van der Waals surface area contributed by atoms with Gasteiger partial charge in [-0.05, 0) is 74.1 Å². The molecule has 0 radical (unpaired) electrons. The van der Waals surface area contributed by atoms with Crippen LogP contribution in [0.3, 0.4) is 0 Å². The molecule has 1 amide bonds. The molecule has 0 saturated carbocycles. The first-order valence-electron chi connectivity index (χ1n) is 12.6. The zero-order valence-corrected chi connectivity index (χ0v) is 20.3. The second kappa shape index (κ2) is 10.0. The first-order valence-corrected chi connectivity index (χ1v) is 12.6. The molecule has 0 N–H and O–H groups in total. The number of fused-ring (bicyclic) bond motifs is 2. The van der Waals surface area contributed by atoms with Crippen molar-refractivity contribution in [2.75, 3.05) is 25.5 Å². The highest BCUT2D eigenvalue weighted by atomic mass is 16.2. The third kappa shape index (κ3) is 4.74. The summed E-state index contributed by atoms with van der Waals surface area (Å²) in [5.41, 5.74) is 4.57. The fraction of sp³-hybridized carbons (Fsp3) is 0.367. The lowest BCUT2D eigenvalue weighted by Crippen LogP contribution is -2.50. The van der Waals surface area contributed by atoms with Gasteiger partial charge >= 0.3 is 0 Å². The van der Waals surface area contributed by atoms with E-state index in [4.69, 9.17) is 0 Å². The summed E-state index contributed by atoms with van der Waals surface area (Å²) in [6.45, 7) is 1.15. The molecule has 4 heteroatoms. The smallest absolute Gasteiger partial charge is 0.253 e. The number of hydrogen-bond donors (Lipinski definition) is 0. The number of carbonyl (C=O) groups excluding carboxylic acids is 1. The van der Waals surface area contributed by atoms with Crippen molar-refractivity contribution in [2.45, 2.75) is 50.2 Å². The standard InChI is InChI=1S/C30H35N3O/c1-31(2)30(34)24-13-15-26(16-14-24)33(25-11-7-4-8-12-25)29-21-27-17-18-28(22-29)32(27)20-19-23-9-5-3-6-10-23/h3-16,27-29H,17-22H2,1-2H3/t27-,28+,29?. The normalized spacial score (nSPS) is 21.9. The molecule has 2 aliphatic rings. The van der Waals surface area contributed by atoms with Crippen molar-refractivity contribution in [3.8, 4) is 0 Å². The Kier molecular flexibility index (Phi) is 6.68. The monoisotopic (exact) mass is 453 g/mol. The van der Waals surface area contributed by atoms with Crippen molar-refractivity contribution >= 4 is 17.3 Å². The Hall–Kier alpha value is -3.11. The Bertz CT molecular complexity index is 1070. The molecule has 2 aliphatic heterocycles. The van der Waals surface area contributed by atoms with Gasteiger partial charge in [0, 0.05) is 55.7 Å². The average Bonchev–Trinajstić information content (AvgIpc) is 3.11. The number of nitrogens with zero attached hydrogens (tertiary/aromatic N) is 3. The largest absolute Gasteiger partial charge is 0.345 e. The van der Waals surface area contributed by atoms with E-state index in [1.54, 1.807) is 19.0 Å². The molecule has 0 spiro atoms. The summed E-state index contributed by atoms with van der Waals surface area (Å²) in [5, 5.41) is 0. The van der Waals surface area contributed by atoms with Gasteiger partial charge in [-0.1, -0.05) is 48.5 Å². The number of amides is 1. The molecule has 2 bridgehead atoms. The van der Waals surface area contributed by atoms with Gasteiger partial charge in [0.25, 0.3) is 5.91 Å². The van der Waals surface area contributed by atoms with Crippen LogP contribution in [0.4, 0.5) is 11.4 Å². The predicted molar refractivity (Wildman–Crippen MR) is 140 cm³/mol. The van der Waals surface area contributed by atoms with Crippen LogP contribution in [-0.4, -0.2) is 54.5 Å². The van der Waals surface area contributed by atoms with Crippen LogP contribution in [0.5, 0.6) is 0 Å². The van der Waals surface area contributed by atoms with E-state index in [2.05, 4.69) is 82.6 Å². The molecule has 4 nitrogen and oxygen atoms in total. The summed E-state index contributed by atoms with van der Waals surface area (Å²) in [4.78, 5) is 19.3. The minimum Gasteiger partial charge on any atom is -0.345 e. The molecule has 176 valence electrons. The summed E-state index contributed by atoms with van der Waals surface area (Å²) in [5.74, 6) is 0.0441. The van der Waals surface area contributed by atoms with E-state index in [1.165, 1.54) is 42.6 Å². The van der Waals surface area contributed by atoms with Gasteiger partial charge in [-0.25, -0.2) is 0 Å². The second-order valence-electron chi connectivity index (χ2n) is 9.94. The van der Waals surface area contributed by atoms with E-state index < -0.39 is 0 Å². The fourth-order valence-corrected chi connectivity index (χ4v) is 5.91. The number of anilines is 2. The maximum Gasteiger partial charge on any atom is 0.253 e. The van der Waals surface area contributed by atoms with Crippen molar-refractivity contribution in [1.29, 1.82) is 0 Å². The Morgan fingerprint density at radius 3 is 1.94 bits per heavy atom. The Morgan fingerprint density at radius 2 is 1.35 bits per heavy atom. The van der Waals surface area contributed by atoms with Crippen LogP contribution in [0, 0.1) is 0 Å². The number of hydrogen-bond acceptors (Lipinski definition) is 3. The highest BCUT2D eigenvalue weighted by Gasteiger charge is 2.42. The Balaban J connectivity index is 1.36. The van der Waals surface area contributed by atoms with Crippen molar-refractivity contribution in [2.24, 2.45) is 0 Å². The van der Waals surface area contributed by atoms with Crippen LogP contribution in [0.2, 0.25) is 0 Å². The SMILES string of the molecule is CN(C)C(=O)c1ccc(N(c2ccccc2)C2C[C@H]3CC[C@@H](C2)N3CCc2ccccc2)cc1. The molecular formula is C30H35N3O. The van der Waals surface area contributed by atoms with E-state index >= 15 is 0 Å². The number of carbonyl (C=O) groups is 1. The van der Waals surface area contributed by atoms with Gasteiger partial charge in [-0.2, -0.15) is 0 Å². The molecule has 0 aliphatic carbocycles. The highest BCUT2D eigenvalue weighted by Crippen LogP contribution is 2.41. The quantitative estimate of drug-likeness (QED) is 0.455. The molecule has 0 aromatic heterocycles. The van der Waals surface area contributed by atoms with E-state index in [0.29, 0.717) is 18.1 Å². The Labute approximate surface area is 203 Å². The molecule has 1 unspecified atom stereocenters. The summed E-state index contributed by atoms with van der Waals surface area (Å²) < 4.78 is 0.